The van der Waals surface area contributed by atoms with Crippen molar-refractivity contribution in [3.63, 3.8) is 0 Å². The fraction of sp³-hybridized carbons (Fsp3) is 0.800. The Morgan fingerprint density at radius 3 is 1.21 bits per heavy atom. The first kappa shape index (κ1) is 14.1. The van der Waals surface area contributed by atoms with E-state index in [2.05, 4.69) is 51.4 Å². The van der Waals surface area contributed by atoms with Crippen LogP contribution >= 0.6 is 0 Å². The van der Waals surface area contributed by atoms with Gasteiger partial charge in [0.05, 0.1) is 13.2 Å². The van der Waals surface area contributed by atoms with Gasteiger partial charge in [-0.15, -0.1) is 0 Å². The second-order valence-corrected chi connectivity index (χ2v) is 14.3. The van der Waals surface area contributed by atoms with E-state index in [-0.39, 0.29) is 0 Å². The third kappa shape index (κ3) is 12.1. The summed E-state index contributed by atoms with van der Waals surface area (Å²) in [6, 6.07) is 0. The molecule has 0 aromatic heterocycles. The van der Waals surface area contributed by atoms with Gasteiger partial charge < -0.3 is 8.85 Å². The van der Waals surface area contributed by atoms with E-state index in [9.17, 15) is 0 Å². The second kappa shape index (κ2) is 5.85. The summed E-state index contributed by atoms with van der Waals surface area (Å²) in [7, 11) is -2.67. The molecular weight excluding hydrogens is 208 g/mol. The summed E-state index contributed by atoms with van der Waals surface area (Å²) in [5.41, 5.74) is 0. The molecule has 0 unspecified atom stereocenters. The maximum absolute atomic E-state index is 5.67. The highest BCUT2D eigenvalue weighted by Crippen LogP contribution is 2.03. The Balaban J connectivity index is 3.47. The average molecular weight is 232 g/mol. The highest BCUT2D eigenvalue weighted by atomic mass is 28.4. The number of hydrogen-bond acceptors (Lipinski definition) is 2. The molecule has 0 heterocycles. The molecule has 14 heavy (non-hydrogen) atoms. The fourth-order valence-corrected chi connectivity index (χ4v) is 1.92. The molecule has 0 N–H and O–H groups in total. The van der Waals surface area contributed by atoms with Crippen molar-refractivity contribution in [1.29, 1.82) is 0 Å². The molecule has 0 radical (unpaired) electrons. The molecule has 0 spiro atoms. The van der Waals surface area contributed by atoms with E-state index in [1.54, 1.807) is 0 Å². The van der Waals surface area contributed by atoms with Crippen LogP contribution in [0.5, 0.6) is 0 Å². The van der Waals surface area contributed by atoms with Gasteiger partial charge in [0, 0.05) is 0 Å². The van der Waals surface area contributed by atoms with Crippen LogP contribution in [0.15, 0.2) is 12.2 Å². The Morgan fingerprint density at radius 2 is 1.00 bits per heavy atom. The fourth-order valence-electron chi connectivity index (χ4n) is 0.732. The minimum Gasteiger partial charge on any atom is -0.414 e. The van der Waals surface area contributed by atoms with Crippen LogP contribution in [0.2, 0.25) is 39.3 Å². The Morgan fingerprint density at radius 1 is 0.714 bits per heavy atom. The van der Waals surface area contributed by atoms with Gasteiger partial charge in [0.1, 0.15) is 0 Å². The van der Waals surface area contributed by atoms with E-state index in [4.69, 9.17) is 8.85 Å². The summed E-state index contributed by atoms with van der Waals surface area (Å²) in [5, 5.41) is 0. The SMILES string of the molecule is C[Si](C)(C)OC/C=C\CO[Si](C)(C)C. The van der Waals surface area contributed by atoms with Crippen molar-refractivity contribution in [3.05, 3.63) is 12.2 Å². The van der Waals surface area contributed by atoms with Crippen molar-refractivity contribution in [2.45, 2.75) is 39.3 Å². The van der Waals surface area contributed by atoms with Crippen molar-refractivity contribution in [2.24, 2.45) is 0 Å². The smallest absolute Gasteiger partial charge is 0.184 e. The van der Waals surface area contributed by atoms with Crippen molar-refractivity contribution in [1.82, 2.24) is 0 Å². The Kier molecular flexibility index (Phi) is 5.89. The molecule has 84 valence electrons. The van der Waals surface area contributed by atoms with Gasteiger partial charge in [-0.25, -0.2) is 0 Å². The maximum atomic E-state index is 5.67. The lowest BCUT2D eigenvalue weighted by Crippen LogP contribution is -2.26. The van der Waals surface area contributed by atoms with Gasteiger partial charge in [-0.05, 0) is 39.3 Å². The minimum atomic E-state index is -1.34. The largest absolute Gasteiger partial charge is 0.414 e. The molecule has 0 aromatic rings. The van der Waals surface area contributed by atoms with Gasteiger partial charge in [-0.1, -0.05) is 12.2 Å². The van der Waals surface area contributed by atoms with Crippen LogP contribution in [0.3, 0.4) is 0 Å². The molecule has 0 fully saturated rings. The molecule has 4 heteroatoms. The van der Waals surface area contributed by atoms with Crippen LogP contribution in [0, 0.1) is 0 Å². The van der Waals surface area contributed by atoms with Crippen LogP contribution in [0.1, 0.15) is 0 Å². The monoisotopic (exact) mass is 232 g/mol. The first-order valence-corrected chi connectivity index (χ1v) is 12.0. The lowest BCUT2D eigenvalue weighted by atomic mass is 10.5. The van der Waals surface area contributed by atoms with Crippen molar-refractivity contribution in [3.8, 4) is 0 Å². The first-order valence-electron chi connectivity index (χ1n) is 5.14. The molecule has 0 atom stereocenters. The second-order valence-electron chi connectivity index (χ2n) is 5.32. The van der Waals surface area contributed by atoms with Gasteiger partial charge in [0.25, 0.3) is 0 Å². The predicted molar refractivity (Wildman–Crippen MR) is 67.7 cm³/mol. The summed E-state index contributed by atoms with van der Waals surface area (Å²) >= 11 is 0. The van der Waals surface area contributed by atoms with E-state index < -0.39 is 16.6 Å². The van der Waals surface area contributed by atoms with Crippen LogP contribution in [0.25, 0.3) is 0 Å². The van der Waals surface area contributed by atoms with E-state index in [0.717, 1.165) is 13.2 Å². The van der Waals surface area contributed by atoms with Gasteiger partial charge in [0.15, 0.2) is 16.6 Å². The molecule has 0 saturated heterocycles. The van der Waals surface area contributed by atoms with Crippen molar-refractivity contribution < 1.29 is 8.85 Å². The van der Waals surface area contributed by atoms with Gasteiger partial charge in [0.2, 0.25) is 0 Å². The van der Waals surface area contributed by atoms with Crippen LogP contribution in [-0.2, 0) is 8.85 Å². The van der Waals surface area contributed by atoms with E-state index in [1.807, 2.05) is 0 Å². The van der Waals surface area contributed by atoms with Gasteiger partial charge in [-0.3, -0.25) is 0 Å². The van der Waals surface area contributed by atoms with E-state index >= 15 is 0 Å². The molecule has 0 aromatic carbocycles. The zero-order chi connectivity index (χ0) is 11.2. The zero-order valence-electron chi connectivity index (χ0n) is 10.4. The lowest BCUT2D eigenvalue weighted by Gasteiger charge is -2.16. The molecule has 0 aliphatic heterocycles. The van der Waals surface area contributed by atoms with Gasteiger partial charge in [-0.2, -0.15) is 0 Å². The topological polar surface area (TPSA) is 18.5 Å². The first-order chi connectivity index (χ1) is 6.21. The number of hydrogen-bond donors (Lipinski definition) is 0. The Bertz CT molecular complexity index is 158. The number of rotatable bonds is 6. The quantitative estimate of drug-likeness (QED) is 0.517. The highest BCUT2D eigenvalue weighted by molar-refractivity contribution is 6.70. The van der Waals surface area contributed by atoms with Crippen LogP contribution < -0.4 is 0 Å². The molecule has 2 nitrogen and oxygen atoms in total. The predicted octanol–water partition coefficient (Wildman–Crippen LogP) is 3.25. The van der Waals surface area contributed by atoms with E-state index in [0.29, 0.717) is 0 Å². The van der Waals surface area contributed by atoms with Crippen molar-refractivity contribution >= 4 is 16.6 Å². The summed E-state index contributed by atoms with van der Waals surface area (Å²) in [6.45, 7) is 14.6. The normalized spacial score (nSPS) is 13.9. The summed E-state index contributed by atoms with van der Waals surface area (Å²) in [5.74, 6) is 0. The van der Waals surface area contributed by atoms with E-state index in [1.165, 1.54) is 0 Å². The average Bonchev–Trinajstić information content (AvgIpc) is 1.92. The van der Waals surface area contributed by atoms with Crippen LogP contribution in [0.4, 0.5) is 0 Å². The molecule has 0 aliphatic carbocycles. The standard InChI is InChI=1S/C10H24O2Si2/c1-13(2,3)11-9-7-8-10-12-14(4,5)6/h7-8H,9-10H2,1-6H3/b8-7-. The minimum absolute atomic E-state index is 0.727. The van der Waals surface area contributed by atoms with Gasteiger partial charge >= 0.3 is 0 Å². The summed E-state index contributed by atoms with van der Waals surface area (Å²) < 4.78 is 11.3. The molecule has 0 aliphatic rings. The molecular formula is C10H24O2Si2. The molecule has 0 rings (SSSR count). The highest BCUT2D eigenvalue weighted by Gasteiger charge is 2.13. The molecule has 0 amide bonds. The third-order valence-corrected chi connectivity index (χ3v) is 3.46. The maximum Gasteiger partial charge on any atom is 0.184 e. The summed E-state index contributed by atoms with van der Waals surface area (Å²) in [4.78, 5) is 0. The molecule has 0 bridgehead atoms. The summed E-state index contributed by atoms with van der Waals surface area (Å²) in [6.07, 6.45) is 4.11. The third-order valence-electron chi connectivity index (χ3n) is 1.39. The lowest BCUT2D eigenvalue weighted by molar-refractivity contribution is 0.344. The van der Waals surface area contributed by atoms with Crippen molar-refractivity contribution in [2.75, 3.05) is 13.2 Å². The Labute approximate surface area is 90.6 Å². The Hall–Kier alpha value is 0.0938. The van der Waals surface area contributed by atoms with Crippen LogP contribution in [-0.4, -0.2) is 29.8 Å². The zero-order valence-corrected chi connectivity index (χ0v) is 12.4. The molecule has 0 saturated carbocycles.